The van der Waals surface area contributed by atoms with Crippen molar-refractivity contribution in [3.05, 3.63) is 106 Å². The van der Waals surface area contributed by atoms with Gasteiger partial charge in [-0.2, -0.15) is 0 Å². The molecular weight excluding hydrogens is 585 g/mol. The van der Waals surface area contributed by atoms with Gasteiger partial charge in [-0.25, -0.2) is 4.39 Å². The molecule has 4 amide bonds. The number of rotatable bonds is 6. The van der Waals surface area contributed by atoms with Crippen molar-refractivity contribution >= 4 is 23.6 Å². The second kappa shape index (κ2) is 12.8. The molecule has 0 radical (unpaired) electrons. The van der Waals surface area contributed by atoms with Crippen LogP contribution in [-0.2, 0) is 16.1 Å². The lowest BCUT2D eigenvalue weighted by atomic mass is 9.95. The lowest BCUT2D eigenvalue weighted by Crippen LogP contribution is -2.54. The van der Waals surface area contributed by atoms with Crippen molar-refractivity contribution < 1.29 is 23.6 Å². The van der Waals surface area contributed by atoms with E-state index in [4.69, 9.17) is 0 Å². The first-order chi connectivity index (χ1) is 22.4. The van der Waals surface area contributed by atoms with Gasteiger partial charge in [0.1, 0.15) is 11.9 Å². The number of fused-ring (bicyclic) bond motifs is 1. The molecular formula is C36H38FN5O4. The zero-order valence-corrected chi connectivity index (χ0v) is 25.7. The SMILES string of the molecule is O=C1CCC(N2Cc3cc(C(=O)N4CCC(N5CCN(C(c6ccccc6)c6ccccc6)CC5)CC4)cc(F)c3C2=O)C(=O)N1. The van der Waals surface area contributed by atoms with Crippen molar-refractivity contribution in [1.82, 2.24) is 24.9 Å². The monoisotopic (exact) mass is 623 g/mol. The molecule has 3 aromatic carbocycles. The van der Waals surface area contributed by atoms with Crippen molar-refractivity contribution in [3.63, 3.8) is 0 Å². The van der Waals surface area contributed by atoms with Crippen molar-refractivity contribution in [2.24, 2.45) is 0 Å². The molecule has 0 aliphatic carbocycles. The fourth-order valence-electron chi connectivity index (χ4n) is 7.64. The third-order valence-electron chi connectivity index (χ3n) is 10.0. The molecule has 3 aromatic rings. The number of piperidine rings is 2. The molecule has 3 saturated heterocycles. The number of benzene rings is 3. The van der Waals surface area contributed by atoms with E-state index in [-0.39, 0.29) is 48.4 Å². The normalized spacial score (nSPS) is 21.5. The van der Waals surface area contributed by atoms with Crippen LogP contribution < -0.4 is 5.32 Å². The molecule has 3 fully saturated rings. The van der Waals surface area contributed by atoms with Crippen LogP contribution in [0.5, 0.6) is 0 Å². The van der Waals surface area contributed by atoms with Gasteiger partial charge in [-0.1, -0.05) is 60.7 Å². The first-order valence-corrected chi connectivity index (χ1v) is 16.2. The van der Waals surface area contributed by atoms with Gasteiger partial charge in [-0.05, 0) is 48.1 Å². The number of nitrogens with zero attached hydrogens (tertiary/aromatic N) is 4. The summed E-state index contributed by atoms with van der Waals surface area (Å²) in [5.41, 5.74) is 3.11. The standard InChI is InChI=1S/C36H38FN5O4/c37-29-22-26(21-27-23-42(36(46)32(27)29)30-11-12-31(43)38-34(30)44)35(45)41-15-13-28(14-16-41)39-17-19-40(20-18-39)33(24-7-3-1-4-8-24)25-9-5-2-6-10-25/h1-10,21-22,28,30,33H,11-20,23H2,(H,38,43,44). The lowest BCUT2D eigenvalue weighted by molar-refractivity contribution is -0.136. The van der Waals surface area contributed by atoms with Crippen molar-refractivity contribution in [3.8, 4) is 0 Å². The summed E-state index contributed by atoms with van der Waals surface area (Å²) in [5.74, 6) is -2.51. The average molecular weight is 624 g/mol. The zero-order chi connectivity index (χ0) is 31.8. The van der Waals surface area contributed by atoms with Crippen LogP contribution in [0.25, 0.3) is 0 Å². The highest BCUT2D eigenvalue weighted by atomic mass is 19.1. The quantitative estimate of drug-likeness (QED) is 0.422. The Morgan fingerprint density at radius 3 is 2.04 bits per heavy atom. The topological polar surface area (TPSA) is 93.3 Å². The Bertz CT molecular complexity index is 1600. The van der Waals surface area contributed by atoms with Gasteiger partial charge in [0.2, 0.25) is 11.8 Å². The van der Waals surface area contributed by atoms with Crippen LogP contribution in [-0.4, -0.2) is 94.6 Å². The molecule has 0 aromatic heterocycles. The molecule has 7 rings (SSSR count). The molecule has 4 aliphatic heterocycles. The van der Waals surface area contributed by atoms with Crippen molar-refractivity contribution in [2.75, 3.05) is 39.3 Å². The summed E-state index contributed by atoms with van der Waals surface area (Å²) in [6, 6.07) is 23.8. The van der Waals surface area contributed by atoms with E-state index in [9.17, 15) is 19.2 Å². The third-order valence-corrected chi connectivity index (χ3v) is 10.0. The molecule has 0 saturated carbocycles. The Kier molecular flexibility index (Phi) is 8.40. The maximum absolute atomic E-state index is 15.3. The van der Waals surface area contributed by atoms with Gasteiger partial charge >= 0.3 is 0 Å². The highest BCUT2D eigenvalue weighted by Gasteiger charge is 2.41. The molecule has 1 atom stereocenters. The van der Waals surface area contributed by atoms with E-state index in [1.54, 1.807) is 11.0 Å². The predicted octanol–water partition coefficient (Wildman–Crippen LogP) is 3.60. The Morgan fingerprint density at radius 2 is 1.43 bits per heavy atom. The van der Waals surface area contributed by atoms with E-state index in [2.05, 4.69) is 75.8 Å². The molecule has 1 N–H and O–H groups in total. The fraction of sp³-hybridized carbons (Fsp3) is 0.389. The highest BCUT2D eigenvalue weighted by Crippen LogP contribution is 2.33. The van der Waals surface area contributed by atoms with Gasteiger partial charge in [-0.3, -0.25) is 34.3 Å². The molecule has 46 heavy (non-hydrogen) atoms. The Labute approximate surface area is 267 Å². The second-order valence-corrected chi connectivity index (χ2v) is 12.7. The highest BCUT2D eigenvalue weighted by molar-refractivity contribution is 6.06. The lowest BCUT2D eigenvalue weighted by Gasteiger charge is -2.45. The molecule has 4 heterocycles. The van der Waals surface area contributed by atoms with Gasteiger partial charge in [0.25, 0.3) is 11.8 Å². The van der Waals surface area contributed by atoms with Crippen LogP contribution in [0.3, 0.4) is 0 Å². The van der Waals surface area contributed by atoms with Crippen LogP contribution >= 0.6 is 0 Å². The Hall–Kier alpha value is -4.41. The number of amides is 4. The first-order valence-electron chi connectivity index (χ1n) is 16.2. The van der Waals surface area contributed by atoms with E-state index >= 15 is 4.39 Å². The maximum Gasteiger partial charge on any atom is 0.258 e. The van der Waals surface area contributed by atoms with Gasteiger partial charge in [-0.15, -0.1) is 0 Å². The second-order valence-electron chi connectivity index (χ2n) is 12.7. The number of carbonyl (C=O) groups excluding carboxylic acids is 4. The predicted molar refractivity (Wildman–Crippen MR) is 169 cm³/mol. The van der Waals surface area contributed by atoms with Crippen LogP contribution in [0.2, 0.25) is 0 Å². The number of imide groups is 1. The van der Waals surface area contributed by atoms with E-state index in [1.807, 2.05) is 0 Å². The van der Waals surface area contributed by atoms with Crippen LogP contribution in [0.15, 0.2) is 72.8 Å². The molecule has 238 valence electrons. The summed E-state index contributed by atoms with van der Waals surface area (Å²) in [5, 5.41) is 2.26. The van der Waals surface area contributed by atoms with Crippen molar-refractivity contribution in [2.45, 2.75) is 50.4 Å². The third kappa shape index (κ3) is 5.83. The molecule has 4 aliphatic rings. The number of nitrogens with one attached hydrogen (secondary N) is 1. The summed E-state index contributed by atoms with van der Waals surface area (Å²) in [6.07, 6.45) is 2.02. The Balaban J connectivity index is 0.961. The molecule has 0 bridgehead atoms. The number of piperazine rings is 1. The van der Waals surface area contributed by atoms with E-state index in [1.165, 1.54) is 16.0 Å². The van der Waals surface area contributed by atoms with Gasteiger partial charge in [0, 0.05) is 63.8 Å². The number of likely N-dealkylation sites (tertiary alicyclic amines) is 1. The summed E-state index contributed by atoms with van der Waals surface area (Å²) >= 11 is 0. The summed E-state index contributed by atoms with van der Waals surface area (Å²) in [4.78, 5) is 58.7. The van der Waals surface area contributed by atoms with E-state index < -0.39 is 23.7 Å². The summed E-state index contributed by atoms with van der Waals surface area (Å²) < 4.78 is 15.3. The van der Waals surface area contributed by atoms with Crippen molar-refractivity contribution in [1.29, 1.82) is 0 Å². The molecule has 10 heteroatoms. The smallest absolute Gasteiger partial charge is 0.258 e. The minimum absolute atomic E-state index is 0.0297. The number of halogens is 1. The van der Waals surface area contributed by atoms with E-state index in [0.29, 0.717) is 24.7 Å². The van der Waals surface area contributed by atoms with Crippen LogP contribution in [0.1, 0.15) is 69.1 Å². The molecule has 1 unspecified atom stereocenters. The van der Waals surface area contributed by atoms with Crippen LogP contribution in [0.4, 0.5) is 4.39 Å². The average Bonchev–Trinajstić information content (AvgIpc) is 3.42. The summed E-state index contributed by atoms with van der Waals surface area (Å²) in [7, 11) is 0. The Morgan fingerprint density at radius 1 is 0.804 bits per heavy atom. The zero-order valence-electron chi connectivity index (χ0n) is 25.7. The molecule has 0 spiro atoms. The van der Waals surface area contributed by atoms with Crippen LogP contribution in [0, 0.1) is 5.82 Å². The number of carbonyl (C=O) groups is 4. The van der Waals surface area contributed by atoms with Gasteiger partial charge < -0.3 is 9.80 Å². The number of hydrogen-bond donors (Lipinski definition) is 1. The minimum atomic E-state index is -0.834. The molecule has 9 nitrogen and oxygen atoms in total. The largest absolute Gasteiger partial charge is 0.339 e. The van der Waals surface area contributed by atoms with Gasteiger partial charge in [0.15, 0.2) is 0 Å². The first kappa shape index (κ1) is 30.3. The fourth-order valence-corrected chi connectivity index (χ4v) is 7.64. The van der Waals surface area contributed by atoms with E-state index in [0.717, 1.165) is 45.1 Å². The number of hydrogen-bond acceptors (Lipinski definition) is 6. The van der Waals surface area contributed by atoms with Gasteiger partial charge in [0.05, 0.1) is 11.6 Å². The summed E-state index contributed by atoms with van der Waals surface area (Å²) in [6.45, 7) is 5.03. The minimum Gasteiger partial charge on any atom is -0.339 e. The maximum atomic E-state index is 15.3.